The first-order valence-corrected chi connectivity index (χ1v) is 12.6. The summed E-state index contributed by atoms with van der Waals surface area (Å²) in [6, 6.07) is 1.48. The second-order valence-electron chi connectivity index (χ2n) is 6.47. The van der Waals surface area contributed by atoms with Gasteiger partial charge in [0.1, 0.15) is 5.69 Å². The minimum atomic E-state index is -4.80. The molecule has 0 fully saturated rings. The molecule has 16 nitrogen and oxygen atoms in total. The predicted molar refractivity (Wildman–Crippen MR) is 113 cm³/mol. The summed E-state index contributed by atoms with van der Waals surface area (Å²) in [5, 5.41) is 25.1. The van der Waals surface area contributed by atoms with Crippen LogP contribution >= 0.6 is 7.82 Å². The quantitative estimate of drug-likeness (QED) is 0.101. The number of nitro benzene ring substituents is 2. The average molecular weight is 514 g/mol. The fourth-order valence-electron chi connectivity index (χ4n) is 2.68. The molecule has 3 N–H and O–H groups in total. The SMILES string of the molecule is CCCN(CCOS(C)(=O)=O)c1c(C(=O)NCCOP(=O)(O)O)cc([N+](=O)[O-])cc1[N+](=O)[O-]. The zero-order chi connectivity index (χ0) is 25.4. The molecule has 0 spiro atoms. The Balaban J connectivity index is 3.43. The number of carbonyl (C=O) groups is 1. The first-order chi connectivity index (χ1) is 15.2. The highest BCUT2D eigenvalue weighted by Crippen LogP contribution is 2.37. The number of carbonyl (C=O) groups excluding carboxylic acids is 1. The van der Waals surface area contributed by atoms with Crippen LogP contribution in [0.2, 0.25) is 0 Å². The molecule has 1 aromatic rings. The van der Waals surface area contributed by atoms with Gasteiger partial charge in [-0.25, -0.2) is 4.57 Å². The van der Waals surface area contributed by atoms with Crippen molar-refractivity contribution in [2.45, 2.75) is 13.3 Å². The van der Waals surface area contributed by atoms with Crippen LogP contribution in [0.4, 0.5) is 17.1 Å². The molecule has 1 aromatic carbocycles. The van der Waals surface area contributed by atoms with Crippen LogP contribution in [0.5, 0.6) is 0 Å². The zero-order valence-electron chi connectivity index (χ0n) is 17.6. The molecule has 1 rings (SSSR count). The predicted octanol–water partition coefficient (Wildman–Crippen LogP) is 0.535. The lowest BCUT2D eigenvalue weighted by Gasteiger charge is -2.25. The van der Waals surface area contributed by atoms with Crippen LogP contribution in [0.15, 0.2) is 12.1 Å². The van der Waals surface area contributed by atoms with Crippen LogP contribution in [0.1, 0.15) is 23.7 Å². The van der Waals surface area contributed by atoms with Gasteiger partial charge in [0.2, 0.25) is 0 Å². The Kier molecular flexibility index (Phi) is 10.3. The topological polar surface area (TPSA) is 229 Å². The third kappa shape index (κ3) is 9.77. The molecule has 1 amide bonds. The number of benzene rings is 1. The molecule has 0 atom stereocenters. The Labute approximate surface area is 188 Å². The second kappa shape index (κ2) is 12.0. The largest absolute Gasteiger partial charge is 0.469 e. The van der Waals surface area contributed by atoms with E-state index >= 15 is 0 Å². The molecule has 0 bridgehead atoms. The van der Waals surface area contributed by atoms with E-state index in [-0.39, 0.29) is 18.8 Å². The third-order valence-corrected chi connectivity index (χ3v) is 4.96. The van der Waals surface area contributed by atoms with Crippen molar-refractivity contribution in [2.75, 3.05) is 44.0 Å². The molecular formula is C15H23N4O12PS. The van der Waals surface area contributed by atoms with Gasteiger partial charge >= 0.3 is 7.82 Å². The summed E-state index contributed by atoms with van der Waals surface area (Å²) in [6.45, 7) is 0.160. The first kappa shape index (κ1) is 28.3. The highest BCUT2D eigenvalue weighted by atomic mass is 32.2. The van der Waals surface area contributed by atoms with Gasteiger partial charge in [-0.15, -0.1) is 0 Å². The van der Waals surface area contributed by atoms with Gasteiger partial charge in [0, 0.05) is 25.7 Å². The lowest BCUT2D eigenvalue weighted by Crippen LogP contribution is -2.34. The molecule has 0 aliphatic rings. The van der Waals surface area contributed by atoms with E-state index in [1.807, 2.05) is 0 Å². The number of anilines is 1. The summed E-state index contributed by atoms with van der Waals surface area (Å²) in [7, 11) is -8.62. The van der Waals surface area contributed by atoms with Gasteiger partial charge in [-0.05, 0) is 6.42 Å². The molecular weight excluding hydrogens is 491 g/mol. The second-order valence-corrected chi connectivity index (χ2v) is 9.35. The summed E-state index contributed by atoms with van der Waals surface area (Å²) in [4.78, 5) is 52.4. The molecule has 0 unspecified atom stereocenters. The molecule has 0 saturated carbocycles. The van der Waals surface area contributed by atoms with E-state index in [1.54, 1.807) is 6.92 Å². The summed E-state index contributed by atoms with van der Waals surface area (Å²) < 4.78 is 42.1. The first-order valence-electron chi connectivity index (χ1n) is 9.20. The Morgan fingerprint density at radius 3 is 2.30 bits per heavy atom. The van der Waals surface area contributed by atoms with Crippen molar-refractivity contribution in [2.24, 2.45) is 0 Å². The number of hydrogen-bond donors (Lipinski definition) is 3. The fraction of sp³-hybridized carbons (Fsp3) is 0.533. The van der Waals surface area contributed by atoms with E-state index in [9.17, 15) is 38.0 Å². The van der Waals surface area contributed by atoms with Crippen molar-refractivity contribution in [1.29, 1.82) is 0 Å². The smallest absolute Gasteiger partial charge is 0.363 e. The summed E-state index contributed by atoms with van der Waals surface area (Å²) in [5.41, 5.74) is -2.29. The van der Waals surface area contributed by atoms with Gasteiger partial charge in [-0.3, -0.25) is 33.7 Å². The Morgan fingerprint density at radius 1 is 1.18 bits per heavy atom. The van der Waals surface area contributed by atoms with E-state index in [1.165, 1.54) is 4.90 Å². The Morgan fingerprint density at radius 2 is 1.82 bits per heavy atom. The lowest BCUT2D eigenvalue weighted by atomic mass is 10.1. The van der Waals surface area contributed by atoms with E-state index in [2.05, 4.69) is 14.0 Å². The molecule has 0 aromatic heterocycles. The number of phosphoric acid groups is 1. The van der Waals surface area contributed by atoms with Crippen LogP contribution in [0.3, 0.4) is 0 Å². The highest BCUT2D eigenvalue weighted by molar-refractivity contribution is 7.85. The normalized spacial score (nSPS) is 11.8. The molecule has 0 aliphatic heterocycles. The summed E-state index contributed by atoms with van der Waals surface area (Å²) in [5.74, 6) is -1.02. The van der Waals surface area contributed by atoms with Gasteiger partial charge in [0.05, 0.1) is 40.9 Å². The number of hydrogen-bond acceptors (Lipinski definition) is 11. The van der Waals surface area contributed by atoms with Crippen LogP contribution < -0.4 is 10.2 Å². The van der Waals surface area contributed by atoms with E-state index in [0.29, 0.717) is 12.5 Å². The maximum absolute atomic E-state index is 12.7. The van der Waals surface area contributed by atoms with E-state index in [0.717, 1.165) is 12.3 Å². The lowest BCUT2D eigenvalue weighted by molar-refractivity contribution is -0.393. The maximum atomic E-state index is 12.7. The van der Waals surface area contributed by atoms with Crippen molar-refractivity contribution in [3.05, 3.63) is 37.9 Å². The summed E-state index contributed by atoms with van der Waals surface area (Å²) >= 11 is 0. The highest BCUT2D eigenvalue weighted by Gasteiger charge is 2.31. The van der Waals surface area contributed by atoms with Crippen LogP contribution in [-0.4, -0.2) is 73.1 Å². The van der Waals surface area contributed by atoms with Gasteiger partial charge in [0.25, 0.3) is 27.4 Å². The number of nitro groups is 2. The van der Waals surface area contributed by atoms with Crippen molar-refractivity contribution in [3.63, 3.8) is 0 Å². The minimum absolute atomic E-state index is 0.105. The number of nitrogens with one attached hydrogen (secondary N) is 1. The van der Waals surface area contributed by atoms with E-state index < -0.39 is 70.4 Å². The molecule has 0 saturated heterocycles. The van der Waals surface area contributed by atoms with Crippen LogP contribution in [-0.2, 0) is 23.4 Å². The number of rotatable bonds is 14. The zero-order valence-corrected chi connectivity index (χ0v) is 19.3. The van der Waals surface area contributed by atoms with Gasteiger partial charge in [-0.2, -0.15) is 8.42 Å². The maximum Gasteiger partial charge on any atom is 0.469 e. The van der Waals surface area contributed by atoms with Gasteiger partial charge in [0.15, 0.2) is 0 Å². The van der Waals surface area contributed by atoms with E-state index in [4.69, 9.17) is 9.79 Å². The average Bonchev–Trinajstić information content (AvgIpc) is 2.67. The van der Waals surface area contributed by atoms with Crippen LogP contribution in [0, 0.1) is 20.2 Å². The molecule has 0 radical (unpaired) electrons. The summed E-state index contributed by atoms with van der Waals surface area (Å²) in [6.07, 6.45) is 1.22. The van der Waals surface area contributed by atoms with Crippen LogP contribution in [0.25, 0.3) is 0 Å². The Hall–Kier alpha value is -2.69. The van der Waals surface area contributed by atoms with Gasteiger partial charge in [-0.1, -0.05) is 6.92 Å². The number of amides is 1. The molecule has 186 valence electrons. The third-order valence-electron chi connectivity index (χ3n) is 3.84. The monoisotopic (exact) mass is 514 g/mol. The molecule has 0 heterocycles. The molecule has 18 heteroatoms. The number of nitrogens with zero attached hydrogens (tertiary/aromatic N) is 3. The fourth-order valence-corrected chi connectivity index (χ4v) is 3.39. The number of non-ortho nitro benzene ring substituents is 1. The minimum Gasteiger partial charge on any atom is -0.363 e. The van der Waals surface area contributed by atoms with Crippen molar-refractivity contribution in [1.82, 2.24) is 5.32 Å². The molecule has 0 aliphatic carbocycles. The van der Waals surface area contributed by atoms with Crippen molar-refractivity contribution in [3.8, 4) is 0 Å². The standard InChI is InChI=1S/C15H23N4O12PS/c1-3-5-17(6-8-31-33(2,28)29)14-12(15(20)16-4-7-30-32(25,26)27)9-11(18(21)22)10-13(14)19(23)24/h9-10H,3-8H2,1-2H3,(H,16,20)(H2,25,26,27). The molecule has 33 heavy (non-hydrogen) atoms. The van der Waals surface area contributed by atoms with Crippen molar-refractivity contribution >= 4 is 40.9 Å². The Bertz CT molecular complexity index is 1040. The number of phosphoric ester groups is 1. The van der Waals surface area contributed by atoms with Crippen molar-refractivity contribution < 1.29 is 46.1 Å². The van der Waals surface area contributed by atoms with Gasteiger partial charge < -0.3 is 20.0 Å².